The van der Waals surface area contributed by atoms with Crippen molar-refractivity contribution in [2.24, 2.45) is 4.99 Å². The van der Waals surface area contributed by atoms with E-state index in [0.717, 1.165) is 24.4 Å². The summed E-state index contributed by atoms with van der Waals surface area (Å²) >= 11 is 6.13. The molecule has 1 fully saturated rings. The van der Waals surface area contributed by atoms with Crippen LogP contribution in [0.25, 0.3) is 0 Å². The first-order valence-corrected chi connectivity index (χ1v) is 8.82. The number of guanidine groups is 1. The maximum atomic E-state index is 11.8. The maximum absolute atomic E-state index is 11.8. The van der Waals surface area contributed by atoms with Crippen LogP contribution in [0.4, 0.5) is 0 Å². The van der Waals surface area contributed by atoms with Gasteiger partial charge in [0, 0.05) is 44.7 Å². The molecule has 1 aromatic rings. The van der Waals surface area contributed by atoms with Gasteiger partial charge >= 0.3 is 0 Å². The molecular formula is C18H28ClIN4O2. The second-order valence-corrected chi connectivity index (χ2v) is 6.95. The summed E-state index contributed by atoms with van der Waals surface area (Å²) in [4.78, 5) is 17.7. The number of methoxy groups -OCH3 is 1. The van der Waals surface area contributed by atoms with E-state index in [1.165, 1.54) is 10.5 Å². The summed E-state index contributed by atoms with van der Waals surface area (Å²) in [6, 6.07) is 8.02. The van der Waals surface area contributed by atoms with E-state index in [0.29, 0.717) is 19.1 Å². The molecule has 1 aliphatic rings. The lowest BCUT2D eigenvalue weighted by Gasteiger charge is -2.20. The number of halogens is 2. The largest absolute Gasteiger partial charge is 0.383 e. The van der Waals surface area contributed by atoms with Gasteiger partial charge in [-0.15, -0.1) is 24.0 Å². The maximum Gasteiger partial charge on any atom is 0.243 e. The molecular weight excluding hydrogens is 467 g/mol. The van der Waals surface area contributed by atoms with Crippen LogP contribution >= 0.6 is 35.6 Å². The van der Waals surface area contributed by atoms with E-state index < -0.39 is 0 Å². The topological polar surface area (TPSA) is 66.0 Å². The van der Waals surface area contributed by atoms with Crippen LogP contribution in [-0.2, 0) is 14.9 Å². The predicted octanol–water partition coefficient (Wildman–Crippen LogP) is 2.26. The molecule has 0 spiro atoms. The van der Waals surface area contributed by atoms with Crippen molar-refractivity contribution in [3.05, 3.63) is 34.9 Å². The quantitative estimate of drug-likeness (QED) is 0.252. The molecule has 1 aromatic carbocycles. The molecule has 26 heavy (non-hydrogen) atoms. The summed E-state index contributed by atoms with van der Waals surface area (Å²) in [7, 11) is 5.10. The molecule has 0 radical (unpaired) electrons. The Morgan fingerprint density at radius 2 is 2.08 bits per heavy atom. The van der Waals surface area contributed by atoms with Crippen molar-refractivity contribution in [2.75, 3.05) is 47.4 Å². The highest BCUT2D eigenvalue weighted by Gasteiger charge is 2.44. The molecule has 0 aromatic heterocycles. The van der Waals surface area contributed by atoms with Gasteiger partial charge in [0.2, 0.25) is 5.91 Å². The Kier molecular flexibility index (Phi) is 9.67. The lowest BCUT2D eigenvalue weighted by molar-refractivity contribution is -0.127. The molecule has 2 rings (SSSR count). The van der Waals surface area contributed by atoms with Gasteiger partial charge in [-0.1, -0.05) is 23.7 Å². The third-order valence-corrected chi connectivity index (χ3v) is 4.59. The Morgan fingerprint density at radius 1 is 1.35 bits per heavy atom. The van der Waals surface area contributed by atoms with Crippen LogP contribution in [-0.4, -0.2) is 64.2 Å². The highest BCUT2D eigenvalue weighted by Crippen LogP contribution is 2.48. The number of ether oxygens (including phenoxy) is 1. The molecule has 0 unspecified atom stereocenters. The van der Waals surface area contributed by atoms with E-state index >= 15 is 0 Å². The summed E-state index contributed by atoms with van der Waals surface area (Å²) in [5.41, 5.74) is 1.34. The van der Waals surface area contributed by atoms with Gasteiger partial charge in [0.25, 0.3) is 0 Å². The summed E-state index contributed by atoms with van der Waals surface area (Å²) < 4.78 is 5.06. The summed E-state index contributed by atoms with van der Waals surface area (Å²) in [6.45, 7) is 2.06. The molecule has 1 saturated carbocycles. The third-order valence-electron chi connectivity index (χ3n) is 4.35. The fraction of sp³-hybridized carbons (Fsp3) is 0.556. The van der Waals surface area contributed by atoms with Crippen LogP contribution in [0, 0.1) is 0 Å². The zero-order valence-corrected chi connectivity index (χ0v) is 18.6. The van der Waals surface area contributed by atoms with Crippen LogP contribution in [0.3, 0.4) is 0 Å². The van der Waals surface area contributed by atoms with E-state index in [1.54, 1.807) is 21.2 Å². The van der Waals surface area contributed by atoms with E-state index in [4.69, 9.17) is 16.3 Å². The van der Waals surface area contributed by atoms with Crippen LogP contribution in [0.5, 0.6) is 0 Å². The van der Waals surface area contributed by atoms with Crippen molar-refractivity contribution in [3.8, 4) is 0 Å². The number of nitrogens with one attached hydrogen (secondary N) is 2. The van der Waals surface area contributed by atoms with Crippen LogP contribution in [0.15, 0.2) is 29.3 Å². The van der Waals surface area contributed by atoms with Crippen molar-refractivity contribution in [3.63, 3.8) is 0 Å². The first-order chi connectivity index (χ1) is 12.0. The van der Waals surface area contributed by atoms with E-state index in [9.17, 15) is 4.79 Å². The number of hydrogen-bond donors (Lipinski definition) is 2. The number of aliphatic imine (C=N–C) groups is 1. The Labute approximate surface area is 177 Å². The second-order valence-electron chi connectivity index (χ2n) is 6.52. The monoisotopic (exact) mass is 494 g/mol. The van der Waals surface area contributed by atoms with Gasteiger partial charge in [0.15, 0.2) is 5.96 Å². The summed E-state index contributed by atoms with van der Waals surface area (Å²) in [5, 5.41) is 7.32. The molecule has 0 aliphatic heterocycles. The van der Waals surface area contributed by atoms with Crippen molar-refractivity contribution in [1.82, 2.24) is 15.5 Å². The van der Waals surface area contributed by atoms with Gasteiger partial charge < -0.3 is 20.3 Å². The first kappa shape index (κ1) is 23.0. The lowest BCUT2D eigenvalue weighted by atomic mass is 9.96. The Balaban J connectivity index is 0.00000338. The van der Waals surface area contributed by atoms with Crippen LogP contribution in [0.2, 0.25) is 5.02 Å². The average Bonchev–Trinajstić information content (AvgIpc) is 3.37. The van der Waals surface area contributed by atoms with Crippen LogP contribution in [0.1, 0.15) is 18.4 Å². The molecule has 1 amide bonds. The zero-order chi connectivity index (χ0) is 18.3. The Morgan fingerprint density at radius 3 is 2.65 bits per heavy atom. The molecule has 0 saturated heterocycles. The minimum Gasteiger partial charge on any atom is -0.383 e. The molecule has 0 heterocycles. The van der Waals surface area contributed by atoms with Gasteiger partial charge in [-0.2, -0.15) is 0 Å². The van der Waals surface area contributed by atoms with Gasteiger partial charge in [-0.3, -0.25) is 4.79 Å². The number of hydrogen-bond acceptors (Lipinski definition) is 3. The van der Waals surface area contributed by atoms with E-state index in [-0.39, 0.29) is 41.8 Å². The smallest absolute Gasteiger partial charge is 0.243 e. The fourth-order valence-corrected chi connectivity index (χ4v) is 2.71. The van der Waals surface area contributed by atoms with E-state index in [2.05, 4.69) is 21.7 Å². The normalized spacial score (nSPS) is 15.0. The van der Waals surface area contributed by atoms with Crippen molar-refractivity contribution in [2.45, 2.75) is 18.3 Å². The predicted molar refractivity (Wildman–Crippen MR) is 117 cm³/mol. The average molecular weight is 495 g/mol. The van der Waals surface area contributed by atoms with E-state index in [1.807, 2.05) is 18.2 Å². The first-order valence-electron chi connectivity index (χ1n) is 8.44. The number of likely N-dealkylation sites (N-methyl/N-ethyl adjacent to an activating group) is 1. The minimum absolute atomic E-state index is 0. The Hall–Kier alpha value is -1.06. The summed E-state index contributed by atoms with van der Waals surface area (Å²) in [6.07, 6.45) is 2.23. The molecule has 0 bridgehead atoms. The van der Waals surface area contributed by atoms with Crippen molar-refractivity contribution in [1.29, 1.82) is 0 Å². The standard InChI is InChI=1S/C18H27ClN4O2.HI/c1-23(2)16(24)12-21-17(20-9-10-25-3)22-13-18(7-8-18)14-5-4-6-15(19)11-14;/h4-6,11H,7-10,12-13H2,1-3H3,(H2,20,21,22);1H. The minimum atomic E-state index is -0.0381. The lowest BCUT2D eigenvalue weighted by Crippen LogP contribution is -2.43. The van der Waals surface area contributed by atoms with Crippen molar-refractivity contribution < 1.29 is 9.53 Å². The van der Waals surface area contributed by atoms with Gasteiger partial charge in [0.05, 0.1) is 6.61 Å². The fourth-order valence-electron chi connectivity index (χ4n) is 2.52. The summed E-state index contributed by atoms with van der Waals surface area (Å²) in [5.74, 6) is 0.587. The number of nitrogens with zero attached hydrogens (tertiary/aromatic N) is 2. The van der Waals surface area contributed by atoms with Gasteiger partial charge in [-0.25, -0.2) is 4.99 Å². The highest BCUT2D eigenvalue weighted by atomic mass is 127. The van der Waals surface area contributed by atoms with Gasteiger partial charge in [-0.05, 0) is 30.5 Å². The molecule has 8 heteroatoms. The molecule has 0 atom stereocenters. The van der Waals surface area contributed by atoms with Gasteiger partial charge in [0.1, 0.15) is 6.54 Å². The number of carbonyl (C=O) groups is 1. The number of benzene rings is 1. The number of rotatable bonds is 8. The third kappa shape index (κ3) is 6.92. The molecule has 1 aliphatic carbocycles. The molecule has 146 valence electrons. The zero-order valence-electron chi connectivity index (χ0n) is 15.5. The second kappa shape index (κ2) is 10.9. The highest BCUT2D eigenvalue weighted by molar-refractivity contribution is 14.0. The molecule has 2 N–H and O–H groups in total. The Bertz CT molecular complexity index is 621. The number of amides is 1. The van der Waals surface area contributed by atoms with Crippen LogP contribution < -0.4 is 10.6 Å². The van der Waals surface area contributed by atoms with Crippen molar-refractivity contribution >= 4 is 47.4 Å². The molecule has 6 nitrogen and oxygen atoms in total. The number of carbonyl (C=O) groups excluding carboxylic acids is 1. The SMILES string of the molecule is COCCNC(=NCC(=O)N(C)C)NCC1(c2cccc(Cl)c2)CC1.I.